The van der Waals surface area contributed by atoms with E-state index in [0.717, 1.165) is 38.5 Å². The Morgan fingerprint density at radius 1 is 0.533 bits per heavy atom. The first-order valence-electron chi connectivity index (χ1n) is 19.4. The maximum Gasteiger partial charge on any atom is 0.220 e. The lowest BCUT2D eigenvalue weighted by Gasteiger charge is -2.19. The highest BCUT2D eigenvalue weighted by Crippen LogP contribution is 2.13. The highest BCUT2D eigenvalue weighted by atomic mass is 16.3. The van der Waals surface area contributed by atoms with Gasteiger partial charge in [-0.15, -0.1) is 0 Å². The largest absolute Gasteiger partial charge is 0.394 e. The molecule has 0 aromatic heterocycles. The minimum atomic E-state index is -0.860. The quantitative estimate of drug-likeness (QED) is 0.0490. The fraction of sp³-hybridized carbons (Fsp3) is 0.780. The van der Waals surface area contributed by atoms with E-state index in [1.54, 1.807) is 6.08 Å². The Balaban J connectivity index is 3.58. The topological polar surface area (TPSA) is 69.6 Å². The summed E-state index contributed by atoms with van der Waals surface area (Å²) in [6, 6.07) is -0.638. The predicted molar refractivity (Wildman–Crippen MR) is 198 cm³/mol. The molecular formula is C41H75NO3. The number of hydrogen-bond donors (Lipinski definition) is 3. The van der Waals surface area contributed by atoms with Crippen LogP contribution in [0.25, 0.3) is 0 Å². The molecule has 0 aliphatic rings. The SMILES string of the molecule is CCCCCC/C=C/CC/C=C/C(O)C(CO)NC(=O)CCCCCCCCCCCCC/C=C\C/C=C\CCCCCCC. The molecule has 2 unspecified atom stereocenters. The Kier molecular flexibility index (Phi) is 35.5. The second-order valence-electron chi connectivity index (χ2n) is 13.0. The number of allylic oxidation sites excluding steroid dienone is 7. The number of carbonyl (C=O) groups is 1. The van der Waals surface area contributed by atoms with Gasteiger partial charge in [-0.2, -0.15) is 0 Å². The number of carbonyl (C=O) groups excluding carboxylic acids is 1. The average Bonchev–Trinajstić information content (AvgIpc) is 3.04. The lowest BCUT2D eigenvalue weighted by atomic mass is 10.0. The lowest BCUT2D eigenvalue weighted by molar-refractivity contribution is -0.123. The maximum absolute atomic E-state index is 12.3. The summed E-state index contributed by atoms with van der Waals surface area (Å²) in [5, 5.41) is 22.8. The standard InChI is InChI=1S/C41H75NO3/c1-3-5-7-9-11-13-15-16-17-18-19-20-21-22-23-24-25-26-27-29-31-33-35-37-41(45)42-39(38-43)40(44)36-34-32-30-28-14-12-10-8-6-4-2/h14-16,18-19,28,34,36,39-40,43-44H,3-13,17,20-27,29-33,35,37-38H2,1-2H3,(H,42,45)/b16-15-,19-18-,28-14+,36-34+. The molecule has 1 amide bonds. The van der Waals surface area contributed by atoms with Crippen LogP contribution >= 0.6 is 0 Å². The van der Waals surface area contributed by atoms with Crippen molar-refractivity contribution in [2.75, 3.05) is 6.61 Å². The van der Waals surface area contributed by atoms with Crippen molar-refractivity contribution in [3.8, 4) is 0 Å². The number of amides is 1. The molecule has 0 heterocycles. The van der Waals surface area contributed by atoms with Crippen molar-refractivity contribution in [3.05, 3.63) is 48.6 Å². The van der Waals surface area contributed by atoms with E-state index >= 15 is 0 Å². The van der Waals surface area contributed by atoms with Crippen LogP contribution in [0.3, 0.4) is 0 Å². The minimum Gasteiger partial charge on any atom is -0.394 e. The summed E-state index contributed by atoms with van der Waals surface area (Å²) < 4.78 is 0. The summed E-state index contributed by atoms with van der Waals surface area (Å²) in [6.45, 7) is 4.24. The summed E-state index contributed by atoms with van der Waals surface area (Å²) in [5.41, 5.74) is 0. The molecule has 3 N–H and O–H groups in total. The molecule has 2 atom stereocenters. The summed E-state index contributed by atoms with van der Waals surface area (Å²) in [5.74, 6) is -0.0802. The molecule has 0 spiro atoms. The van der Waals surface area contributed by atoms with Gasteiger partial charge in [0.25, 0.3) is 0 Å². The fourth-order valence-electron chi connectivity index (χ4n) is 5.52. The van der Waals surface area contributed by atoms with E-state index in [-0.39, 0.29) is 12.5 Å². The Morgan fingerprint density at radius 3 is 1.44 bits per heavy atom. The van der Waals surface area contributed by atoms with Crippen molar-refractivity contribution in [1.29, 1.82) is 0 Å². The summed E-state index contributed by atoms with van der Waals surface area (Å²) in [4.78, 5) is 12.3. The maximum atomic E-state index is 12.3. The number of unbranched alkanes of at least 4 members (excludes halogenated alkanes) is 21. The van der Waals surface area contributed by atoms with Gasteiger partial charge < -0.3 is 15.5 Å². The van der Waals surface area contributed by atoms with Crippen molar-refractivity contribution in [3.63, 3.8) is 0 Å². The number of aliphatic hydroxyl groups excluding tert-OH is 2. The Bertz CT molecular complexity index is 726. The molecule has 0 radical (unpaired) electrons. The molecule has 4 nitrogen and oxygen atoms in total. The van der Waals surface area contributed by atoms with Crippen molar-refractivity contribution in [2.24, 2.45) is 0 Å². The smallest absolute Gasteiger partial charge is 0.220 e. The van der Waals surface area contributed by atoms with E-state index in [0.29, 0.717) is 6.42 Å². The first kappa shape index (κ1) is 43.4. The zero-order chi connectivity index (χ0) is 32.9. The molecule has 45 heavy (non-hydrogen) atoms. The third-order valence-corrected chi connectivity index (χ3v) is 8.53. The van der Waals surface area contributed by atoms with E-state index in [1.165, 1.54) is 128 Å². The van der Waals surface area contributed by atoms with Crippen molar-refractivity contribution in [1.82, 2.24) is 5.32 Å². The monoisotopic (exact) mass is 630 g/mol. The van der Waals surface area contributed by atoms with Gasteiger partial charge in [0.1, 0.15) is 0 Å². The lowest BCUT2D eigenvalue weighted by Crippen LogP contribution is -2.45. The Labute approximate surface area is 280 Å². The summed E-state index contributed by atoms with van der Waals surface area (Å²) in [7, 11) is 0. The fourth-order valence-corrected chi connectivity index (χ4v) is 5.52. The average molecular weight is 630 g/mol. The normalized spacial score (nSPS) is 13.6. The second kappa shape index (κ2) is 36.8. The second-order valence-corrected chi connectivity index (χ2v) is 13.0. The molecule has 4 heteroatoms. The van der Waals surface area contributed by atoms with Gasteiger partial charge in [0, 0.05) is 6.42 Å². The van der Waals surface area contributed by atoms with Crippen LogP contribution in [0, 0.1) is 0 Å². The molecule has 0 saturated carbocycles. The first-order valence-corrected chi connectivity index (χ1v) is 19.4. The molecule has 0 saturated heterocycles. The van der Waals surface area contributed by atoms with Crippen LogP contribution in [0.2, 0.25) is 0 Å². The van der Waals surface area contributed by atoms with E-state index in [4.69, 9.17) is 0 Å². The number of rotatable bonds is 34. The van der Waals surface area contributed by atoms with Crippen LogP contribution < -0.4 is 5.32 Å². The third kappa shape index (κ3) is 33.5. The number of aliphatic hydroxyl groups is 2. The van der Waals surface area contributed by atoms with Crippen LogP contribution in [0.5, 0.6) is 0 Å². The predicted octanol–water partition coefficient (Wildman–Crippen LogP) is 11.6. The number of hydrogen-bond acceptors (Lipinski definition) is 3. The highest BCUT2D eigenvalue weighted by Gasteiger charge is 2.17. The van der Waals surface area contributed by atoms with Gasteiger partial charge in [0.2, 0.25) is 5.91 Å². The van der Waals surface area contributed by atoms with Crippen LogP contribution in [-0.4, -0.2) is 34.9 Å². The van der Waals surface area contributed by atoms with Gasteiger partial charge in [-0.25, -0.2) is 0 Å². The van der Waals surface area contributed by atoms with Gasteiger partial charge in [-0.1, -0.05) is 165 Å². The molecule has 0 aliphatic heterocycles. The van der Waals surface area contributed by atoms with Crippen LogP contribution in [0.4, 0.5) is 0 Å². The zero-order valence-corrected chi connectivity index (χ0v) is 29.9. The minimum absolute atomic E-state index is 0.0802. The van der Waals surface area contributed by atoms with Crippen LogP contribution in [0.1, 0.15) is 187 Å². The Morgan fingerprint density at radius 2 is 0.933 bits per heavy atom. The summed E-state index contributed by atoms with van der Waals surface area (Å²) >= 11 is 0. The molecule has 0 fully saturated rings. The van der Waals surface area contributed by atoms with E-state index in [2.05, 4.69) is 55.6 Å². The van der Waals surface area contributed by atoms with Crippen molar-refractivity contribution in [2.45, 2.75) is 199 Å². The van der Waals surface area contributed by atoms with Crippen molar-refractivity contribution >= 4 is 5.91 Å². The van der Waals surface area contributed by atoms with Gasteiger partial charge in [-0.3, -0.25) is 4.79 Å². The van der Waals surface area contributed by atoms with Gasteiger partial charge in [0.05, 0.1) is 18.8 Å². The highest BCUT2D eigenvalue weighted by molar-refractivity contribution is 5.76. The van der Waals surface area contributed by atoms with Gasteiger partial charge >= 0.3 is 0 Å². The van der Waals surface area contributed by atoms with Gasteiger partial charge in [-0.05, 0) is 64.2 Å². The van der Waals surface area contributed by atoms with Gasteiger partial charge in [0.15, 0.2) is 0 Å². The third-order valence-electron chi connectivity index (χ3n) is 8.53. The zero-order valence-electron chi connectivity index (χ0n) is 29.9. The molecule has 262 valence electrons. The molecule has 0 rings (SSSR count). The molecule has 0 bridgehead atoms. The molecule has 0 aromatic carbocycles. The Hall–Kier alpha value is -1.65. The van der Waals surface area contributed by atoms with E-state index in [9.17, 15) is 15.0 Å². The van der Waals surface area contributed by atoms with Crippen LogP contribution in [0.15, 0.2) is 48.6 Å². The van der Waals surface area contributed by atoms with Crippen molar-refractivity contribution < 1.29 is 15.0 Å². The summed E-state index contributed by atoms with van der Waals surface area (Å²) in [6.07, 6.45) is 49.2. The van der Waals surface area contributed by atoms with E-state index < -0.39 is 12.1 Å². The first-order chi connectivity index (χ1) is 22.2. The van der Waals surface area contributed by atoms with Crippen LogP contribution in [-0.2, 0) is 4.79 Å². The molecular weight excluding hydrogens is 554 g/mol. The number of nitrogens with one attached hydrogen (secondary N) is 1. The molecule has 0 aromatic rings. The molecule has 0 aliphatic carbocycles. The van der Waals surface area contributed by atoms with E-state index in [1.807, 2.05) is 6.08 Å².